The minimum absolute atomic E-state index is 0.0390. The molecule has 2 rings (SSSR count). The number of amides is 1. The van der Waals surface area contributed by atoms with Crippen molar-refractivity contribution in [3.63, 3.8) is 0 Å². The highest BCUT2D eigenvalue weighted by atomic mass is 16.7. The maximum absolute atomic E-state index is 11.4. The van der Waals surface area contributed by atoms with Gasteiger partial charge in [-0.25, -0.2) is 4.79 Å². The van der Waals surface area contributed by atoms with Crippen LogP contribution >= 0.6 is 0 Å². The van der Waals surface area contributed by atoms with E-state index in [2.05, 4.69) is 30.1 Å². The summed E-state index contributed by atoms with van der Waals surface area (Å²) in [4.78, 5) is 31.5. The molecule has 0 atom stereocenters. The number of ether oxygens (including phenoxy) is 1. The Labute approximate surface area is 132 Å². The Morgan fingerprint density at radius 1 is 1.39 bits per heavy atom. The molecule has 10 nitrogen and oxygen atoms in total. The van der Waals surface area contributed by atoms with Crippen LogP contribution in [0.3, 0.4) is 0 Å². The van der Waals surface area contributed by atoms with E-state index in [0.29, 0.717) is 6.61 Å². The summed E-state index contributed by atoms with van der Waals surface area (Å²) in [5.74, 6) is -0.495. The van der Waals surface area contributed by atoms with Gasteiger partial charge in [0.1, 0.15) is 0 Å². The van der Waals surface area contributed by atoms with Crippen LogP contribution < -0.4 is 16.1 Å². The first-order valence-electron chi connectivity index (χ1n) is 7.26. The van der Waals surface area contributed by atoms with Gasteiger partial charge in [-0.1, -0.05) is 5.16 Å². The summed E-state index contributed by atoms with van der Waals surface area (Å²) in [5, 5.41) is 9.60. The lowest BCUT2D eigenvalue weighted by Crippen LogP contribution is -2.34. The van der Waals surface area contributed by atoms with Crippen molar-refractivity contribution in [3.8, 4) is 0 Å². The van der Waals surface area contributed by atoms with Gasteiger partial charge in [0.2, 0.25) is 5.76 Å². The van der Waals surface area contributed by atoms with Gasteiger partial charge in [0.05, 0.1) is 25.8 Å². The lowest BCUT2D eigenvalue weighted by molar-refractivity contribution is -0.150. The number of carbonyl (C=O) groups is 2. The number of aromatic nitrogens is 1. The summed E-state index contributed by atoms with van der Waals surface area (Å²) in [5.41, 5.74) is 1.97. The van der Waals surface area contributed by atoms with E-state index < -0.39 is 11.9 Å². The van der Waals surface area contributed by atoms with E-state index >= 15 is 0 Å². The van der Waals surface area contributed by atoms with Crippen molar-refractivity contribution in [2.75, 3.05) is 32.8 Å². The Kier molecular flexibility index (Phi) is 6.85. The van der Waals surface area contributed by atoms with Crippen molar-refractivity contribution in [1.82, 2.24) is 21.3 Å². The quantitative estimate of drug-likeness (QED) is 0.419. The van der Waals surface area contributed by atoms with Gasteiger partial charge in [-0.2, -0.15) is 5.48 Å². The molecule has 0 spiro atoms. The number of nitrogens with one attached hydrogen (secondary N) is 3. The minimum atomic E-state index is -0.675. The normalized spacial score (nSPS) is 13.1. The third-order valence-corrected chi connectivity index (χ3v) is 2.80. The fraction of sp³-hybridized carbons (Fsp3) is 0.538. The molecule has 2 heterocycles. The van der Waals surface area contributed by atoms with Crippen molar-refractivity contribution >= 4 is 17.8 Å². The monoisotopic (exact) mass is 325 g/mol. The van der Waals surface area contributed by atoms with E-state index in [0.717, 1.165) is 32.0 Å². The molecule has 1 aromatic rings. The van der Waals surface area contributed by atoms with Crippen molar-refractivity contribution in [1.29, 1.82) is 0 Å². The zero-order valence-electron chi connectivity index (χ0n) is 12.5. The molecule has 0 radical (unpaired) electrons. The summed E-state index contributed by atoms with van der Waals surface area (Å²) < 4.78 is 9.91. The molecule has 0 aromatic carbocycles. The van der Waals surface area contributed by atoms with Crippen LogP contribution in [0, 0.1) is 0 Å². The van der Waals surface area contributed by atoms with E-state index in [1.165, 1.54) is 12.3 Å². The maximum Gasteiger partial charge on any atom is 0.334 e. The number of rotatable bonds is 8. The number of hydrogen-bond acceptors (Lipinski definition) is 9. The molecule has 0 bridgehead atoms. The summed E-state index contributed by atoms with van der Waals surface area (Å²) >= 11 is 0. The Morgan fingerprint density at radius 3 is 3.04 bits per heavy atom. The molecule has 0 fully saturated rings. The zero-order valence-corrected chi connectivity index (χ0v) is 12.5. The Bertz CT molecular complexity index is 531. The van der Waals surface area contributed by atoms with Gasteiger partial charge in [0.15, 0.2) is 5.96 Å². The standard InChI is InChI=1S/C13H19N5O5/c19-11(23-18-12(20)10-2-5-17-22-10)3-9-21-8-1-4-14-13-15-6-7-16-13/h2,5H,1,3-4,6-9H2,(H,18,20)(H2,14,15,16). The van der Waals surface area contributed by atoms with Crippen molar-refractivity contribution in [3.05, 3.63) is 18.0 Å². The number of carbonyl (C=O) groups excluding carboxylic acids is 2. The summed E-state index contributed by atoms with van der Waals surface area (Å²) in [6.07, 6.45) is 2.14. The van der Waals surface area contributed by atoms with Crippen LogP contribution in [-0.4, -0.2) is 55.8 Å². The molecule has 1 aliphatic rings. The van der Waals surface area contributed by atoms with Gasteiger partial charge in [-0.05, 0) is 6.42 Å². The summed E-state index contributed by atoms with van der Waals surface area (Å²) in [6, 6.07) is 1.35. The van der Waals surface area contributed by atoms with Gasteiger partial charge in [0, 0.05) is 25.8 Å². The van der Waals surface area contributed by atoms with Crippen LogP contribution in [-0.2, 0) is 14.4 Å². The number of aliphatic imine (C=N–C) groups is 1. The average Bonchev–Trinajstić information content (AvgIpc) is 3.24. The Hall–Kier alpha value is -2.62. The molecule has 0 saturated carbocycles. The highest BCUT2D eigenvalue weighted by molar-refractivity contribution is 5.91. The van der Waals surface area contributed by atoms with Crippen LogP contribution in [0.15, 0.2) is 21.8 Å². The first-order valence-corrected chi connectivity index (χ1v) is 7.26. The molecule has 3 N–H and O–H groups in total. The molecule has 23 heavy (non-hydrogen) atoms. The smallest absolute Gasteiger partial charge is 0.334 e. The molecule has 126 valence electrons. The van der Waals surface area contributed by atoms with Gasteiger partial charge >= 0.3 is 11.9 Å². The molecule has 1 aromatic heterocycles. The third kappa shape index (κ3) is 6.34. The number of nitrogens with zero attached hydrogens (tertiary/aromatic N) is 2. The third-order valence-electron chi connectivity index (χ3n) is 2.80. The molecule has 0 aliphatic carbocycles. The molecule has 0 unspecified atom stereocenters. The van der Waals surface area contributed by atoms with Gasteiger partial charge in [-0.15, -0.1) is 0 Å². The first kappa shape index (κ1) is 16.7. The highest BCUT2D eigenvalue weighted by Gasteiger charge is 2.12. The van der Waals surface area contributed by atoms with E-state index in [-0.39, 0.29) is 18.8 Å². The van der Waals surface area contributed by atoms with Gasteiger partial charge < -0.3 is 24.7 Å². The lowest BCUT2D eigenvalue weighted by atomic mass is 10.4. The molecule has 1 aliphatic heterocycles. The number of guanidine groups is 1. The van der Waals surface area contributed by atoms with Crippen LogP contribution in [0.1, 0.15) is 23.4 Å². The van der Waals surface area contributed by atoms with Gasteiger partial charge in [0.25, 0.3) is 0 Å². The molecular weight excluding hydrogens is 306 g/mol. The average molecular weight is 325 g/mol. The van der Waals surface area contributed by atoms with E-state index in [1.807, 2.05) is 5.48 Å². The fourth-order valence-corrected chi connectivity index (χ4v) is 1.69. The second kappa shape index (κ2) is 9.41. The van der Waals surface area contributed by atoms with Crippen LogP contribution in [0.5, 0.6) is 0 Å². The Balaban J connectivity index is 1.43. The summed E-state index contributed by atoms with van der Waals surface area (Å²) in [7, 11) is 0. The molecule has 1 amide bonds. The lowest BCUT2D eigenvalue weighted by Gasteiger charge is -2.07. The fourth-order valence-electron chi connectivity index (χ4n) is 1.69. The minimum Gasteiger partial charge on any atom is -0.381 e. The molecule has 0 saturated heterocycles. The van der Waals surface area contributed by atoms with E-state index in [4.69, 9.17) is 4.74 Å². The van der Waals surface area contributed by atoms with Crippen LogP contribution in [0.25, 0.3) is 0 Å². The molecule has 10 heteroatoms. The number of hydroxylamine groups is 1. The van der Waals surface area contributed by atoms with Crippen LogP contribution in [0.4, 0.5) is 0 Å². The second-order valence-electron chi connectivity index (χ2n) is 4.58. The maximum atomic E-state index is 11.4. The van der Waals surface area contributed by atoms with Crippen molar-refractivity contribution in [2.45, 2.75) is 12.8 Å². The predicted molar refractivity (Wildman–Crippen MR) is 78.4 cm³/mol. The van der Waals surface area contributed by atoms with E-state index in [9.17, 15) is 9.59 Å². The summed E-state index contributed by atoms with van der Waals surface area (Å²) in [6.45, 7) is 3.14. The second-order valence-corrected chi connectivity index (χ2v) is 4.58. The van der Waals surface area contributed by atoms with Crippen molar-refractivity contribution in [2.24, 2.45) is 4.99 Å². The largest absolute Gasteiger partial charge is 0.381 e. The topological polar surface area (TPSA) is 127 Å². The van der Waals surface area contributed by atoms with E-state index in [1.54, 1.807) is 0 Å². The number of hydrogen-bond donors (Lipinski definition) is 3. The van der Waals surface area contributed by atoms with Gasteiger partial charge in [-0.3, -0.25) is 9.79 Å². The Morgan fingerprint density at radius 2 is 2.30 bits per heavy atom. The highest BCUT2D eigenvalue weighted by Crippen LogP contribution is 1.96. The first-order chi connectivity index (χ1) is 11.3. The predicted octanol–water partition coefficient (Wildman–Crippen LogP) is -0.792. The SMILES string of the molecule is O=C(CCOCCCNC1=NCCN1)ONC(=O)c1ccno1. The zero-order chi connectivity index (χ0) is 16.3. The molecular formula is C13H19N5O5. The van der Waals surface area contributed by atoms with Crippen molar-refractivity contribution < 1.29 is 23.7 Å². The van der Waals surface area contributed by atoms with Crippen LogP contribution in [0.2, 0.25) is 0 Å².